The SMILES string of the molecule is C[Si](C)(C)C#Cc1ccnc(N)c1. The van der Waals surface area contributed by atoms with E-state index < -0.39 is 8.07 Å². The predicted octanol–water partition coefficient (Wildman–Crippen LogP) is 1.89. The molecule has 0 atom stereocenters. The van der Waals surface area contributed by atoms with E-state index >= 15 is 0 Å². The Labute approximate surface area is 80.2 Å². The van der Waals surface area contributed by atoms with E-state index in [2.05, 4.69) is 36.1 Å². The minimum absolute atomic E-state index is 0.530. The van der Waals surface area contributed by atoms with E-state index in [9.17, 15) is 0 Å². The highest BCUT2D eigenvalue weighted by molar-refractivity contribution is 6.83. The van der Waals surface area contributed by atoms with Crippen molar-refractivity contribution in [3.05, 3.63) is 23.9 Å². The van der Waals surface area contributed by atoms with Crippen molar-refractivity contribution in [2.24, 2.45) is 0 Å². The Bertz CT molecular complexity index is 355. The Morgan fingerprint density at radius 3 is 2.62 bits per heavy atom. The van der Waals surface area contributed by atoms with E-state index in [0.29, 0.717) is 5.82 Å². The number of nitrogens with zero attached hydrogens (tertiary/aromatic N) is 1. The van der Waals surface area contributed by atoms with Crippen LogP contribution in [0.3, 0.4) is 0 Å². The summed E-state index contributed by atoms with van der Waals surface area (Å²) in [6.07, 6.45) is 1.68. The van der Waals surface area contributed by atoms with E-state index in [0.717, 1.165) is 5.56 Å². The van der Waals surface area contributed by atoms with Gasteiger partial charge in [0.25, 0.3) is 0 Å². The Hall–Kier alpha value is -1.27. The largest absolute Gasteiger partial charge is 0.384 e. The van der Waals surface area contributed by atoms with Gasteiger partial charge in [-0.25, -0.2) is 4.98 Å². The van der Waals surface area contributed by atoms with Crippen LogP contribution in [0.25, 0.3) is 0 Å². The Morgan fingerprint density at radius 1 is 1.38 bits per heavy atom. The van der Waals surface area contributed by atoms with Crippen molar-refractivity contribution in [2.45, 2.75) is 19.6 Å². The minimum Gasteiger partial charge on any atom is -0.384 e. The summed E-state index contributed by atoms with van der Waals surface area (Å²) in [5, 5.41) is 0. The van der Waals surface area contributed by atoms with Gasteiger partial charge in [-0.2, -0.15) is 0 Å². The zero-order valence-corrected chi connectivity index (χ0v) is 9.26. The number of nitrogen functional groups attached to an aromatic ring is 1. The maximum Gasteiger partial charge on any atom is 0.129 e. The second-order valence-corrected chi connectivity index (χ2v) is 8.72. The summed E-state index contributed by atoms with van der Waals surface area (Å²) in [5.74, 6) is 3.65. The molecule has 0 aliphatic rings. The van der Waals surface area contributed by atoms with Gasteiger partial charge in [0.1, 0.15) is 13.9 Å². The number of aromatic nitrogens is 1. The maximum absolute atomic E-state index is 5.53. The minimum atomic E-state index is -1.28. The van der Waals surface area contributed by atoms with Gasteiger partial charge in [-0.05, 0) is 12.1 Å². The van der Waals surface area contributed by atoms with Crippen molar-refractivity contribution in [3.63, 3.8) is 0 Å². The van der Waals surface area contributed by atoms with E-state index in [1.54, 1.807) is 12.3 Å². The zero-order chi connectivity index (χ0) is 9.90. The van der Waals surface area contributed by atoms with E-state index in [4.69, 9.17) is 5.73 Å². The Morgan fingerprint density at radius 2 is 2.08 bits per heavy atom. The molecule has 0 aliphatic carbocycles. The number of rotatable bonds is 0. The second-order valence-electron chi connectivity index (χ2n) is 3.97. The molecule has 0 aliphatic heterocycles. The summed E-state index contributed by atoms with van der Waals surface area (Å²) in [7, 11) is -1.28. The molecule has 0 radical (unpaired) electrons. The standard InChI is InChI=1S/C10H14N2Si/c1-13(2,3)7-5-9-4-6-12-10(11)8-9/h4,6,8H,1-3H3,(H2,11,12). The summed E-state index contributed by atoms with van der Waals surface area (Å²) in [6.45, 7) is 6.64. The molecule has 68 valence electrons. The van der Waals surface area contributed by atoms with Gasteiger partial charge in [-0.15, -0.1) is 5.54 Å². The number of hydrogen-bond donors (Lipinski definition) is 1. The van der Waals surface area contributed by atoms with Crippen LogP contribution in [-0.4, -0.2) is 13.1 Å². The van der Waals surface area contributed by atoms with Gasteiger partial charge >= 0.3 is 0 Å². The van der Waals surface area contributed by atoms with Crippen molar-refractivity contribution in [2.75, 3.05) is 5.73 Å². The third-order valence-electron chi connectivity index (χ3n) is 1.36. The van der Waals surface area contributed by atoms with Crippen molar-refractivity contribution in [1.82, 2.24) is 4.98 Å². The fourth-order valence-electron chi connectivity index (χ4n) is 0.786. The lowest BCUT2D eigenvalue weighted by Crippen LogP contribution is -2.16. The quantitative estimate of drug-likeness (QED) is 0.501. The highest BCUT2D eigenvalue weighted by atomic mass is 28.3. The molecule has 1 aromatic heterocycles. The van der Waals surface area contributed by atoms with Crippen LogP contribution in [0.15, 0.2) is 18.3 Å². The molecule has 1 heterocycles. The topological polar surface area (TPSA) is 38.9 Å². The van der Waals surface area contributed by atoms with Gasteiger partial charge < -0.3 is 5.73 Å². The highest BCUT2D eigenvalue weighted by Crippen LogP contribution is 2.02. The van der Waals surface area contributed by atoms with Gasteiger partial charge in [0.05, 0.1) is 0 Å². The highest BCUT2D eigenvalue weighted by Gasteiger charge is 2.07. The maximum atomic E-state index is 5.53. The van der Waals surface area contributed by atoms with Gasteiger partial charge in [-0.1, -0.05) is 25.6 Å². The van der Waals surface area contributed by atoms with Gasteiger partial charge in [0.2, 0.25) is 0 Å². The molecule has 0 saturated carbocycles. The lowest BCUT2D eigenvalue weighted by Gasteiger charge is -2.03. The first-order chi connectivity index (χ1) is 5.97. The molecule has 0 bridgehead atoms. The van der Waals surface area contributed by atoms with Crippen LogP contribution in [0.1, 0.15) is 5.56 Å². The fraction of sp³-hybridized carbons (Fsp3) is 0.300. The van der Waals surface area contributed by atoms with Gasteiger partial charge in [0, 0.05) is 11.8 Å². The second kappa shape index (κ2) is 3.63. The van der Waals surface area contributed by atoms with Gasteiger partial charge in [0.15, 0.2) is 0 Å². The predicted molar refractivity (Wildman–Crippen MR) is 58.9 cm³/mol. The molecule has 2 N–H and O–H groups in total. The molecule has 3 heteroatoms. The van der Waals surface area contributed by atoms with Crippen molar-refractivity contribution < 1.29 is 0 Å². The smallest absolute Gasteiger partial charge is 0.129 e. The first-order valence-electron chi connectivity index (χ1n) is 4.22. The lowest BCUT2D eigenvalue weighted by atomic mass is 10.3. The normalized spacial score (nSPS) is 10.4. The Balaban J connectivity index is 2.90. The molecule has 0 amide bonds. The third-order valence-corrected chi connectivity index (χ3v) is 2.24. The molecule has 1 rings (SSSR count). The van der Waals surface area contributed by atoms with E-state index in [1.165, 1.54) is 0 Å². The molecule has 13 heavy (non-hydrogen) atoms. The van der Waals surface area contributed by atoms with Crippen LogP contribution < -0.4 is 5.73 Å². The summed E-state index contributed by atoms with van der Waals surface area (Å²) < 4.78 is 0. The molecule has 0 fully saturated rings. The Kier molecular flexibility index (Phi) is 2.74. The van der Waals surface area contributed by atoms with E-state index in [1.807, 2.05) is 6.07 Å². The van der Waals surface area contributed by atoms with Crippen molar-refractivity contribution in [3.8, 4) is 11.5 Å². The van der Waals surface area contributed by atoms with E-state index in [-0.39, 0.29) is 0 Å². The summed E-state index contributed by atoms with van der Waals surface area (Å²) >= 11 is 0. The third kappa shape index (κ3) is 3.77. The molecule has 1 aromatic rings. The van der Waals surface area contributed by atoms with Gasteiger partial charge in [-0.3, -0.25) is 0 Å². The summed E-state index contributed by atoms with van der Waals surface area (Å²) in [6, 6.07) is 3.68. The average Bonchev–Trinajstić information content (AvgIpc) is 2.00. The summed E-state index contributed by atoms with van der Waals surface area (Å²) in [5.41, 5.74) is 9.75. The van der Waals surface area contributed by atoms with Crippen LogP contribution in [-0.2, 0) is 0 Å². The molecule has 0 saturated heterocycles. The molecular weight excluding hydrogens is 176 g/mol. The van der Waals surface area contributed by atoms with Crippen LogP contribution in [0.5, 0.6) is 0 Å². The number of anilines is 1. The monoisotopic (exact) mass is 190 g/mol. The zero-order valence-electron chi connectivity index (χ0n) is 8.26. The average molecular weight is 190 g/mol. The molecule has 0 aromatic carbocycles. The number of nitrogens with two attached hydrogens (primary N) is 1. The van der Waals surface area contributed by atoms with Crippen molar-refractivity contribution >= 4 is 13.9 Å². The van der Waals surface area contributed by atoms with Crippen molar-refractivity contribution in [1.29, 1.82) is 0 Å². The first-order valence-corrected chi connectivity index (χ1v) is 7.72. The van der Waals surface area contributed by atoms with Crippen LogP contribution in [0, 0.1) is 11.5 Å². The molecular formula is C10H14N2Si. The first kappa shape index (κ1) is 9.81. The fourth-order valence-corrected chi connectivity index (χ4v) is 1.31. The van der Waals surface area contributed by atoms with Crippen LogP contribution in [0.2, 0.25) is 19.6 Å². The van der Waals surface area contributed by atoms with Crippen LogP contribution in [0.4, 0.5) is 5.82 Å². The molecule has 0 unspecified atom stereocenters. The van der Waals surface area contributed by atoms with Crippen LogP contribution >= 0.6 is 0 Å². The number of pyridine rings is 1. The summed E-state index contributed by atoms with van der Waals surface area (Å²) in [4.78, 5) is 3.91. The molecule has 0 spiro atoms. The number of hydrogen-bond acceptors (Lipinski definition) is 2. The molecule has 2 nitrogen and oxygen atoms in total. The lowest BCUT2D eigenvalue weighted by molar-refractivity contribution is 1.33.